The van der Waals surface area contributed by atoms with Crippen molar-refractivity contribution in [2.75, 3.05) is 20.7 Å². The normalized spacial score (nSPS) is 12.3. The summed E-state index contributed by atoms with van der Waals surface area (Å²) < 4.78 is 11.4. The second-order valence-corrected chi connectivity index (χ2v) is 6.15. The van der Waals surface area contributed by atoms with Crippen LogP contribution in [0, 0.1) is 20.8 Å². The van der Waals surface area contributed by atoms with Gasteiger partial charge in [-0.05, 0) is 65.9 Å². The summed E-state index contributed by atoms with van der Waals surface area (Å²) in [5.74, 6) is 0.782. The second-order valence-electron chi connectivity index (χ2n) is 6.15. The summed E-state index contributed by atoms with van der Waals surface area (Å²) in [6.07, 6.45) is 0.946. The Labute approximate surface area is 143 Å². The summed E-state index contributed by atoms with van der Waals surface area (Å²) in [6.45, 7) is 8.49. The number of nitrogens with zero attached hydrogens (tertiary/aromatic N) is 1. The maximum Gasteiger partial charge on any atom is 0.339 e. The molecule has 0 saturated heterocycles. The lowest BCUT2D eigenvalue weighted by molar-refractivity contribution is 0.233. The Hall–Kier alpha value is -1.52. The molecule has 0 aliphatic rings. The van der Waals surface area contributed by atoms with Gasteiger partial charge in [0, 0.05) is 22.6 Å². The first-order chi connectivity index (χ1) is 10.3. The fourth-order valence-corrected chi connectivity index (χ4v) is 2.38. The van der Waals surface area contributed by atoms with E-state index in [1.54, 1.807) is 6.92 Å². The third kappa shape index (κ3) is 4.06. The molecule has 1 heterocycles. The number of fused-ring (bicyclic) bond motifs is 1. The topological polar surface area (TPSA) is 42.7 Å². The second kappa shape index (κ2) is 7.84. The van der Waals surface area contributed by atoms with E-state index in [1.807, 2.05) is 26.0 Å². The maximum atomic E-state index is 11.9. The zero-order valence-corrected chi connectivity index (χ0v) is 15.5. The van der Waals surface area contributed by atoms with Gasteiger partial charge in [0.2, 0.25) is 0 Å². The lowest BCUT2D eigenvalue weighted by Gasteiger charge is -2.20. The lowest BCUT2D eigenvalue weighted by Crippen LogP contribution is -2.26. The Balaban J connectivity index is 0.00000264. The van der Waals surface area contributed by atoms with Crippen LogP contribution in [-0.4, -0.2) is 31.6 Å². The van der Waals surface area contributed by atoms with Crippen LogP contribution in [0.5, 0.6) is 5.75 Å². The van der Waals surface area contributed by atoms with Crippen molar-refractivity contribution in [3.63, 3.8) is 0 Å². The maximum absolute atomic E-state index is 11.9. The molecular weight excluding hydrogens is 314 g/mol. The average molecular weight is 340 g/mol. The van der Waals surface area contributed by atoms with Gasteiger partial charge in [0.1, 0.15) is 11.3 Å². The molecule has 0 spiro atoms. The number of hydrogen-bond acceptors (Lipinski definition) is 4. The molecule has 0 amide bonds. The summed E-state index contributed by atoms with van der Waals surface area (Å²) in [4.78, 5) is 14.1. The number of aryl methyl sites for hydroxylation is 2. The molecule has 5 heteroatoms. The molecule has 0 aliphatic heterocycles. The van der Waals surface area contributed by atoms with Crippen LogP contribution in [0.3, 0.4) is 0 Å². The van der Waals surface area contributed by atoms with Gasteiger partial charge < -0.3 is 14.1 Å². The molecule has 0 saturated carbocycles. The molecule has 0 fully saturated rings. The van der Waals surface area contributed by atoms with Crippen molar-refractivity contribution in [1.29, 1.82) is 0 Å². The van der Waals surface area contributed by atoms with Crippen molar-refractivity contribution >= 4 is 23.4 Å². The molecule has 1 aromatic carbocycles. The quantitative estimate of drug-likeness (QED) is 0.776. The highest BCUT2D eigenvalue weighted by Crippen LogP contribution is 2.29. The number of hydrogen-bond donors (Lipinski definition) is 0. The SMILES string of the molecule is Cc1c(C)c2ccc(OCCC(C)N(C)C)c(C)c2oc1=O.Cl. The van der Waals surface area contributed by atoms with Crippen LogP contribution in [0.25, 0.3) is 11.0 Å². The summed E-state index contributed by atoms with van der Waals surface area (Å²) in [6, 6.07) is 4.39. The van der Waals surface area contributed by atoms with Gasteiger partial charge in [0.15, 0.2) is 0 Å². The molecule has 0 radical (unpaired) electrons. The Morgan fingerprint density at radius 3 is 2.39 bits per heavy atom. The fourth-order valence-electron chi connectivity index (χ4n) is 2.38. The fraction of sp³-hybridized carbons (Fsp3) is 0.500. The summed E-state index contributed by atoms with van der Waals surface area (Å²) >= 11 is 0. The standard InChI is InChI=1S/C18H25NO3.ClH/c1-11(19(5)6)9-10-21-16-8-7-15-12(2)13(3)18(20)22-17(15)14(16)4;/h7-8,11H,9-10H2,1-6H3;1H. The minimum Gasteiger partial charge on any atom is -0.493 e. The molecule has 4 nitrogen and oxygen atoms in total. The Morgan fingerprint density at radius 1 is 1.13 bits per heavy atom. The van der Waals surface area contributed by atoms with Crippen LogP contribution >= 0.6 is 12.4 Å². The molecule has 1 unspecified atom stereocenters. The van der Waals surface area contributed by atoms with Gasteiger partial charge in [0.05, 0.1) is 6.61 Å². The minimum atomic E-state index is -0.272. The van der Waals surface area contributed by atoms with Gasteiger partial charge in [0.25, 0.3) is 0 Å². The van der Waals surface area contributed by atoms with Crippen LogP contribution in [0.15, 0.2) is 21.3 Å². The first kappa shape index (κ1) is 19.5. The highest BCUT2D eigenvalue weighted by Gasteiger charge is 2.13. The van der Waals surface area contributed by atoms with Crippen molar-refractivity contribution in [1.82, 2.24) is 4.90 Å². The largest absolute Gasteiger partial charge is 0.493 e. The van der Waals surface area contributed by atoms with Crippen LogP contribution in [0.2, 0.25) is 0 Å². The number of rotatable bonds is 5. The molecule has 23 heavy (non-hydrogen) atoms. The average Bonchev–Trinajstić information content (AvgIpc) is 2.47. The Kier molecular flexibility index (Phi) is 6.66. The van der Waals surface area contributed by atoms with Crippen molar-refractivity contribution < 1.29 is 9.15 Å². The molecule has 1 atom stereocenters. The van der Waals surface area contributed by atoms with E-state index in [1.165, 1.54) is 0 Å². The smallest absolute Gasteiger partial charge is 0.339 e. The van der Waals surface area contributed by atoms with Gasteiger partial charge in [-0.25, -0.2) is 4.79 Å². The van der Waals surface area contributed by atoms with E-state index in [-0.39, 0.29) is 18.0 Å². The molecule has 0 aliphatic carbocycles. The predicted molar refractivity (Wildman–Crippen MR) is 97.2 cm³/mol. The summed E-state index contributed by atoms with van der Waals surface area (Å²) in [7, 11) is 4.12. The van der Waals surface area contributed by atoms with Crippen molar-refractivity contribution in [3.8, 4) is 5.75 Å². The van der Waals surface area contributed by atoms with E-state index in [4.69, 9.17) is 9.15 Å². The van der Waals surface area contributed by atoms with Crippen molar-refractivity contribution in [3.05, 3.63) is 39.2 Å². The van der Waals surface area contributed by atoms with Gasteiger partial charge in [-0.15, -0.1) is 12.4 Å². The van der Waals surface area contributed by atoms with Crippen molar-refractivity contribution in [2.45, 2.75) is 40.2 Å². The van der Waals surface area contributed by atoms with E-state index in [0.717, 1.165) is 28.7 Å². The lowest BCUT2D eigenvalue weighted by atomic mass is 10.0. The van der Waals surface area contributed by atoms with Crippen LogP contribution < -0.4 is 10.4 Å². The summed E-state index contributed by atoms with van der Waals surface area (Å²) in [5, 5.41) is 0.976. The van der Waals surface area contributed by atoms with Crippen LogP contribution in [0.4, 0.5) is 0 Å². The van der Waals surface area contributed by atoms with Crippen LogP contribution in [-0.2, 0) is 0 Å². The molecular formula is C18H26ClNO3. The van der Waals surface area contributed by atoms with Gasteiger partial charge in [-0.1, -0.05) is 0 Å². The predicted octanol–water partition coefficient (Wildman–Crippen LogP) is 3.86. The minimum absolute atomic E-state index is 0. The zero-order valence-electron chi connectivity index (χ0n) is 14.7. The Morgan fingerprint density at radius 2 is 1.78 bits per heavy atom. The monoisotopic (exact) mass is 339 g/mol. The molecule has 2 rings (SSSR count). The third-order valence-corrected chi connectivity index (χ3v) is 4.50. The van der Waals surface area contributed by atoms with Gasteiger partial charge >= 0.3 is 5.63 Å². The van der Waals surface area contributed by atoms with Crippen molar-refractivity contribution in [2.24, 2.45) is 0 Å². The van der Waals surface area contributed by atoms with E-state index >= 15 is 0 Å². The third-order valence-electron chi connectivity index (χ3n) is 4.50. The van der Waals surface area contributed by atoms with E-state index in [0.29, 0.717) is 23.8 Å². The first-order valence-corrected chi connectivity index (χ1v) is 7.65. The zero-order chi connectivity index (χ0) is 16.4. The van der Waals surface area contributed by atoms with Crippen LogP contribution in [0.1, 0.15) is 30.0 Å². The Bertz CT molecular complexity index is 737. The highest BCUT2D eigenvalue weighted by molar-refractivity contribution is 5.85. The van der Waals surface area contributed by atoms with E-state index in [2.05, 4.69) is 25.9 Å². The highest BCUT2D eigenvalue weighted by atomic mass is 35.5. The molecule has 1 aromatic heterocycles. The number of benzene rings is 1. The van der Waals surface area contributed by atoms with E-state index < -0.39 is 0 Å². The summed E-state index contributed by atoms with van der Waals surface area (Å²) in [5.41, 5.74) is 2.88. The van der Waals surface area contributed by atoms with Gasteiger partial charge in [-0.2, -0.15) is 0 Å². The molecule has 0 N–H and O–H groups in total. The molecule has 0 bridgehead atoms. The van der Waals surface area contributed by atoms with Gasteiger partial charge in [-0.3, -0.25) is 0 Å². The molecule has 2 aromatic rings. The number of halogens is 1. The molecule has 128 valence electrons. The number of ether oxygens (including phenoxy) is 1. The first-order valence-electron chi connectivity index (χ1n) is 7.65. The van der Waals surface area contributed by atoms with E-state index in [9.17, 15) is 4.79 Å².